The molecule has 0 aromatic heterocycles. The van der Waals surface area contributed by atoms with Crippen LogP contribution in [0.3, 0.4) is 0 Å². The van der Waals surface area contributed by atoms with Gasteiger partial charge in [-0.15, -0.1) is 0 Å². The van der Waals surface area contributed by atoms with E-state index in [0.29, 0.717) is 6.42 Å². The van der Waals surface area contributed by atoms with Crippen LogP contribution in [0, 0.1) is 0 Å². The Morgan fingerprint density at radius 2 is 0.694 bits per heavy atom. The van der Waals surface area contributed by atoms with Crippen LogP contribution in [0.5, 0.6) is 0 Å². The summed E-state index contributed by atoms with van der Waals surface area (Å²) >= 11 is 0. The van der Waals surface area contributed by atoms with Gasteiger partial charge in [0.2, 0.25) is 0 Å². The van der Waals surface area contributed by atoms with Gasteiger partial charge in [0.05, 0.1) is 0 Å². The summed E-state index contributed by atoms with van der Waals surface area (Å²) in [6.45, 7) is 6.84. The summed E-state index contributed by atoms with van der Waals surface area (Å²) in [5.74, 6) is 0.0663. The van der Waals surface area contributed by atoms with Crippen molar-refractivity contribution in [3.8, 4) is 0 Å². The van der Waals surface area contributed by atoms with Gasteiger partial charge in [0.1, 0.15) is 6.10 Å². The minimum Gasteiger partial charge on any atom is -0.462 e. The molecule has 0 aromatic carbocycles. The van der Waals surface area contributed by atoms with Gasteiger partial charge in [0, 0.05) is 6.42 Å². The van der Waals surface area contributed by atoms with Gasteiger partial charge >= 0.3 is 5.97 Å². The van der Waals surface area contributed by atoms with E-state index in [0.717, 1.165) is 19.3 Å². The molecule has 1 atom stereocenters. The highest BCUT2D eigenvalue weighted by Crippen LogP contribution is 2.19. The molecule has 0 heterocycles. The first-order valence-electron chi connectivity index (χ1n) is 16.9. The highest BCUT2D eigenvalue weighted by Gasteiger charge is 2.14. The van der Waals surface area contributed by atoms with E-state index in [2.05, 4.69) is 20.8 Å². The van der Waals surface area contributed by atoms with Crippen molar-refractivity contribution in [1.82, 2.24) is 0 Å². The fraction of sp³-hybridized carbons (Fsp3) is 0.971. The molecule has 0 bridgehead atoms. The highest BCUT2D eigenvalue weighted by atomic mass is 16.5. The molecule has 0 spiro atoms. The minimum absolute atomic E-state index is 0.0663. The molecule has 36 heavy (non-hydrogen) atoms. The molecule has 0 N–H and O–H groups in total. The Kier molecular flexibility index (Phi) is 30.2. The van der Waals surface area contributed by atoms with Gasteiger partial charge in [-0.1, -0.05) is 168 Å². The lowest BCUT2D eigenvalue weighted by atomic mass is 10.0. The Bertz CT molecular complexity index is 419. The van der Waals surface area contributed by atoms with Crippen molar-refractivity contribution in [2.45, 2.75) is 213 Å². The summed E-state index contributed by atoms with van der Waals surface area (Å²) in [6.07, 6.45) is 37.6. The summed E-state index contributed by atoms with van der Waals surface area (Å²) in [4.78, 5) is 12.5. The molecular formula is C34H68O2. The molecule has 1 unspecified atom stereocenters. The van der Waals surface area contributed by atoms with Crippen molar-refractivity contribution < 1.29 is 9.53 Å². The van der Waals surface area contributed by atoms with Crippen molar-refractivity contribution in [1.29, 1.82) is 0 Å². The topological polar surface area (TPSA) is 26.3 Å². The second-order valence-electron chi connectivity index (χ2n) is 11.6. The number of carbonyl (C=O) groups is 1. The van der Waals surface area contributed by atoms with Gasteiger partial charge in [-0.25, -0.2) is 0 Å². The van der Waals surface area contributed by atoms with E-state index < -0.39 is 0 Å². The first kappa shape index (κ1) is 35.5. The summed E-state index contributed by atoms with van der Waals surface area (Å²) < 4.78 is 5.99. The standard InChI is InChI=1S/C34H68O2/c1-4-7-10-13-15-17-19-21-23-26-29-32-34(35)36-33(30-27-24-12-9-6-3)31-28-25-22-20-18-16-14-11-8-5-2/h33H,4-32H2,1-3H3. The molecule has 216 valence electrons. The van der Waals surface area contributed by atoms with Crippen LogP contribution in [-0.2, 0) is 9.53 Å². The van der Waals surface area contributed by atoms with Gasteiger partial charge in [0.15, 0.2) is 0 Å². The van der Waals surface area contributed by atoms with Crippen molar-refractivity contribution in [3.63, 3.8) is 0 Å². The van der Waals surface area contributed by atoms with Gasteiger partial charge in [-0.2, -0.15) is 0 Å². The zero-order valence-electron chi connectivity index (χ0n) is 25.4. The van der Waals surface area contributed by atoms with Gasteiger partial charge in [-0.3, -0.25) is 4.79 Å². The number of rotatable bonds is 30. The lowest BCUT2D eigenvalue weighted by Crippen LogP contribution is -2.18. The fourth-order valence-corrected chi connectivity index (χ4v) is 5.28. The van der Waals surface area contributed by atoms with Crippen LogP contribution in [0.15, 0.2) is 0 Å². The number of hydrogen-bond acceptors (Lipinski definition) is 2. The van der Waals surface area contributed by atoms with Crippen LogP contribution >= 0.6 is 0 Å². The largest absolute Gasteiger partial charge is 0.462 e. The van der Waals surface area contributed by atoms with Crippen LogP contribution in [0.2, 0.25) is 0 Å². The first-order valence-corrected chi connectivity index (χ1v) is 16.9. The van der Waals surface area contributed by atoms with Crippen LogP contribution in [0.1, 0.15) is 207 Å². The average Bonchev–Trinajstić information content (AvgIpc) is 2.88. The zero-order valence-corrected chi connectivity index (χ0v) is 25.4. The second-order valence-corrected chi connectivity index (χ2v) is 11.6. The Labute approximate surface area is 228 Å². The molecule has 0 aliphatic rings. The summed E-state index contributed by atoms with van der Waals surface area (Å²) in [5, 5.41) is 0. The third-order valence-corrected chi connectivity index (χ3v) is 7.79. The molecule has 0 rings (SSSR count). The van der Waals surface area contributed by atoms with Crippen molar-refractivity contribution in [3.05, 3.63) is 0 Å². The molecule has 2 heteroatoms. The van der Waals surface area contributed by atoms with E-state index in [9.17, 15) is 4.79 Å². The maximum absolute atomic E-state index is 12.5. The Morgan fingerprint density at radius 3 is 1.03 bits per heavy atom. The molecular weight excluding hydrogens is 440 g/mol. The lowest BCUT2D eigenvalue weighted by molar-refractivity contribution is -0.150. The lowest BCUT2D eigenvalue weighted by Gasteiger charge is -2.18. The Balaban J connectivity index is 3.89. The molecule has 0 radical (unpaired) electrons. The summed E-state index contributed by atoms with van der Waals surface area (Å²) in [6, 6.07) is 0. The first-order chi connectivity index (χ1) is 17.7. The summed E-state index contributed by atoms with van der Waals surface area (Å²) in [5.41, 5.74) is 0. The molecule has 0 fully saturated rings. The molecule has 0 aliphatic heterocycles. The number of unbranched alkanes of at least 4 members (excludes halogenated alkanes) is 23. The maximum atomic E-state index is 12.5. The number of carbonyl (C=O) groups excluding carboxylic acids is 1. The normalized spacial score (nSPS) is 12.2. The van der Waals surface area contributed by atoms with E-state index in [1.165, 1.54) is 161 Å². The van der Waals surface area contributed by atoms with Crippen LogP contribution < -0.4 is 0 Å². The molecule has 0 saturated heterocycles. The zero-order chi connectivity index (χ0) is 26.4. The van der Waals surface area contributed by atoms with Gasteiger partial charge in [-0.05, 0) is 32.1 Å². The Hall–Kier alpha value is -0.530. The smallest absolute Gasteiger partial charge is 0.306 e. The molecule has 2 nitrogen and oxygen atoms in total. The molecule has 0 amide bonds. The Morgan fingerprint density at radius 1 is 0.417 bits per heavy atom. The number of ether oxygens (including phenoxy) is 1. The van der Waals surface area contributed by atoms with Gasteiger partial charge < -0.3 is 4.74 Å². The number of esters is 1. The highest BCUT2D eigenvalue weighted by molar-refractivity contribution is 5.69. The quantitative estimate of drug-likeness (QED) is 0.0712. The van der Waals surface area contributed by atoms with Gasteiger partial charge in [0.25, 0.3) is 0 Å². The van der Waals surface area contributed by atoms with Crippen molar-refractivity contribution in [2.75, 3.05) is 0 Å². The van der Waals surface area contributed by atoms with Crippen LogP contribution in [0.25, 0.3) is 0 Å². The predicted molar refractivity (Wildman–Crippen MR) is 161 cm³/mol. The van der Waals surface area contributed by atoms with Crippen LogP contribution in [0.4, 0.5) is 0 Å². The van der Waals surface area contributed by atoms with Crippen molar-refractivity contribution >= 4 is 5.97 Å². The van der Waals surface area contributed by atoms with E-state index in [1.54, 1.807) is 0 Å². The average molecular weight is 509 g/mol. The van der Waals surface area contributed by atoms with E-state index in [4.69, 9.17) is 4.74 Å². The number of hydrogen-bond donors (Lipinski definition) is 0. The minimum atomic E-state index is 0.0663. The third-order valence-electron chi connectivity index (χ3n) is 7.79. The second kappa shape index (κ2) is 30.7. The fourth-order valence-electron chi connectivity index (χ4n) is 5.28. The monoisotopic (exact) mass is 509 g/mol. The third kappa shape index (κ3) is 28.0. The van der Waals surface area contributed by atoms with E-state index in [-0.39, 0.29) is 12.1 Å². The van der Waals surface area contributed by atoms with E-state index in [1.807, 2.05) is 0 Å². The van der Waals surface area contributed by atoms with Crippen LogP contribution in [-0.4, -0.2) is 12.1 Å². The maximum Gasteiger partial charge on any atom is 0.306 e. The summed E-state index contributed by atoms with van der Waals surface area (Å²) in [7, 11) is 0. The van der Waals surface area contributed by atoms with Crippen molar-refractivity contribution in [2.24, 2.45) is 0 Å². The molecule has 0 saturated carbocycles. The molecule has 0 aromatic rings. The van der Waals surface area contributed by atoms with E-state index >= 15 is 0 Å². The SMILES string of the molecule is CCCCCCCCCCCCCC(=O)OC(CCCCCCC)CCCCCCCCCCCC. The predicted octanol–water partition coefficient (Wildman–Crippen LogP) is 12.3. The molecule has 0 aliphatic carbocycles.